The van der Waals surface area contributed by atoms with Gasteiger partial charge in [0.2, 0.25) is 16.0 Å². The van der Waals surface area contributed by atoms with Crippen LogP contribution in [0, 0.1) is 47.3 Å². The van der Waals surface area contributed by atoms with Gasteiger partial charge in [-0.15, -0.1) is 0 Å². The van der Waals surface area contributed by atoms with E-state index in [1.54, 1.807) is 35.1 Å². The summed E-state index contributed by atoms with van der Waals surface area (Å²) in [5.74, 6) is 7.24. The number of fused-ring (bicyclic) bond motifs is 8. The van der Waals surface area contributed by atoms with Crippen LogP contribution >= 0.6 is 0 Å². The molecule has 0 radical (unpaired) electrons. The van der Waals surface area contributed by atoms with Crippen molar-refractivity contribution in [2.75, 3.05) is 85.9 Å². The number of carbonyl (C=O) groups excluding carboxylic acids is 5. The topological polar surface area (TPSA) is 315 Å². The summed E-state index contributed by atoms with van der Waals surface area (Å²) in [6.07, 6.45) is 11.9. The highest BCUT2D eigenvalue weighted by Gasteiger charge is 2.50. The molecule has 0 saturated carbocycles. The number of nitrogens with one attached hydrogen (secondary N) is 4. The number of hydrogen-bond acceptors (Lipinski definition) is 15. The van der Waals surface area contributed by atoms with Crippen LogP contribution in [0.1, 0.15) is 207 Å². The number of nitrogens with two attached hydrogens (primary N) is 1. The van der Waals surface area contributed by atoms with Gasteiger partial charge in [0.05, 0.1) is 29.0 Å². The summed E-state index contributed by atoms with van der Waals surface area (Å²) in [4.78, 5) is 62.2. The summed E-state index contributed by atoms with van der Waals surface area (Å²) in [5.41, 5.74) is 22.4. The third-order valence-corrected chi connectivity index (χ3v) is 27.4. The molecule has 16 rings (SSSR count). The molecule has 0 spiro atoms. The molecule has 31 heteroatoms. The van der Waals surface area contributed by atoms with Crippen LogP contribution in [-0.2, 0) is 148 Å². The highest BCUT2D eigenvalue weighted by Crippen LogP contribution is 2.38. The number of benzene rings is 8. The van der Waals surface area contributed by atoms with Gasteiger partial charge >= 0.3 is 27.6 Å². The van der Waals surface area contributed by atoms with Crippen LogP contribution in [0.3, 0.4) is 0 Å². The van der Waals surface area contributed by atoms with Crippen molar-refractivity contribution < 1.29 is 81.3 Å². The highest BCUT2D eigenvalue weighted by molar-refractivity contribution is 7.92. The lowest BCUT2D eigenvalue weighted by atomic mass is 9.94. The van der Waals surface area contributed by atoms with Crippen molar-refractivity contribution in [1.29, 1.82) is 0 Å². The Morgan fingerprint density at radius 2 is 0.788 bits per heavy atom. The van der Waals surface area contributed by atoms with Crippen LogP contribution in [0.15, 0.2) is 146 Å². The number of nitrogens with zero attached hydrogens (tertiary/aromatic N) is 5. The van der Waals surface area contributed by atoms with Crippen molar-refractivity contribution in [3.63, 3.8) is 0 Å². The maximum Gasteiger partial charge on any atom is 0.511 e. The molecule has 6 N–H and O–H groups in total. The number of carbonyl (C=O) groups is 5. The summed E-state index contributed by atoms with van der Waals surface area (Å²) in [5, 5.41) is 8.37. The minimum absolute atomic E-state index is 0.00852. The number of sulfonamides is 3. The average Bonchev–Trinajstić information content (AvgIpc) is 0.772. The molecule has 8 aromatic carbocycles. The molecule has 1 unspecified atom stereocenters. The highest BCUT2D eigenvalue weighted by atomic mass is 32.2. The van der Waals surface area contributed by atoms with E-state index in [1.165, 1.54) is 73.0 Å². The lowest BCUT2D eigenvalue weighted by Gasteiger charge is -2.29. The minimum atomic E-state index is -5.24. The predicted molar refractivity (Wildman–Crippen MR) is 540 cm³/mol. The molecule has 8 aliphatic rings. The Kier molecular flexibility index (Phi) is 39.9. The Labute approximate surface area is 811 Å². The van der Waals surface area contributed by atoms with Gasteiger partial charge in [0.1, 0.15) is 23.0 Å². The van der Waals surface area contributed by atoms with Crippen molar-refractivity contribution in [2.45, 2.75) is 233 Å². The van der Waals surface area contributed by atoms with Gasteiger partial charge < -0.3 is 55.3 Å². The molecule has 137 heavy (non-hydrogen) atoms. The van der Waals surface area contributed by atoms with E-state index in [1.807, 2.05) is 77.7 Å². The molecule has 0 aromatic heterocycles. The monoisotopic (exact) mass is 1950 g/mol. The number of rotatable bonds is 18. The normalized spacial score (nSPS) is 16.2. The third kappa shape index (κ3) is 33.8. The van der Waals surface area contributed by atoms with E-state index in [9.17, 15) is 62.4 Å². The van der Waals surface area contributed by atoms with E-state index in [4.69, 9.17) is 24.7 Å². The zero-order chi connectivity index (χ0) is 101. The number of alkyl halides is 3. The second kappa shape index (κ2) is 49.7. The van der Waals surface area contributed by atoms with Gasteiger partial charge in [-0.25, -0.2) is 34.8 Å². The Morgan fingerprint density at radius 3 is 1.20 bits per heavy atom. The largest absolute Gasteiger partial charge is 0.511 e. The zero-order valence-corrected chi connectivity index (χ0v) is 86.1. The minimum Gasteiger partial charge on any atom is -0.482 e. The van der Waals surface area contributed by atoms with E-state index >= 15 is 0 Å². The number of primary amides is 1. The zero-order valence-electron chi connectivity index (χ0n) is 83.6. The van der Waals surface area contributed by atoms with Crippen LogP contribution in [0.5, 0.6) is 23.0 Å². The first-order chi connectivity index (χ1) is 64.4. The van der Waals surface area contributed by atoms with Gasteiger partial charge in [0.15, 0.2) is 19.3 Å². The molecule has 8 heterocycles. The summed E-state index contributed by atoms with van der Waals surface area (Å²) < 4.78 is 132. The van der Waals surface area contributed by atoms with Gasteiger partial charge in [0.25, 0.3) is 27.7 Å². The van der Waals surface area contributed by atoms with Crippen molar-refractivity contribution >= 4 is 82.6 Å². The summed E-state index contributed by atoms with van der Waals surface area (Å²) in [6.45, 7) is 40.5. The maximum atomic E-state index is 12.6. The van der Waals surface area contributed by atoms with Gasteiger partial charge in [-0.3, -0.25) is 19.1 Å². The van der Waals surface area contributed by atoms with E-state index in [0.717, 1.165) is 141 Å². The Bertz CT molecular complexity index is 5840. The molecule has 8 aliphatic heterocycles. The SMILES string of the molecule is CC(C)Cc1ccc2c(c1)CN(C(N)=O)CC2.CC(C)Cc1ccc2c(c1)CN(S(=O)(=O)C(F)(F)F)CC2.CC(C)Cc1ccc2c(c1)CN(S(C)(=O)=O)CC2.CC(C)Cc1ccc2c(c1)N(C)C(=O)CO2.CC(C)Cc1ccc2c(c1)NC(=O)C(C)O2.CC(C)Cc1ccc2c(c1)NC(=O)CO2.CC(C)Cc1ccc2c(c1)NS(=O)(=O)CO2.CNC(=O)N1CCc2ccc(CC(C)C)cc2C1. The Balaban J connectivity index is 0.000000176. The standard InChI is InChI=1S/C15H22N2O.C14H18F3NO2S.C14H20N2O.C14H21NO2S.2C13H17NO2.C12H15NO2.C11H15NO3S/c1-11(2)8-12-4-5-13-6-7-17(15(18)16-3)10-14(13)9-12;1-10(2)7-11-3-4-12-5-6-18(9-13(12)8-11)21(19,20)14(15,16)17;1-10(2)7-11-3-4-12-5-6-16(14(15)17)9-13(12)8-11;1-11(2)8-12-4-5-13-6-7-15(18(3,16)17)10-14(13)9-12;1-9(2)6-10-4-5-12-11(7-10)14(3)13(15)8-16-12;1-8(2)6-10-4-5-12-11(7-10)14-13(15)9(3)16-12;1-8(2)5-9-3-4-11-10(6-9)13-12(14)7-15-11;1-8(2)5-9-3-4-11-10(6-9)12-16(13,14)7-15-11/h4-5,9,11H,6-8,10H2,1-3H3,(H,16,18);3-4,8,10H,5-7,9H2,1-2H3;3-4,8,10H,5-7,9H2,1-2H3,(H2,15,17);4-5,9,11H,6-8,10H2,1-3H3;4-5,7,9H,6,8H2,1-3H3;4-5,7-9H,6H2,1-3H3,(H,14,15);3-4,6,8H,5,7H2,1-2H3,(H,13,14);3-4,6,8,12H,5,7H2,1-2H3. The molecule has 0 fully saturated rings. The molecule has 748 valence electrons. The number of ether oxygens (including phenoxy) is 4. The van der Waals surface area contributed by atoms with E-state index < -0.39 is 41.7 Å². The van der Waals surface area contributed by atoms with Crippen LogP contribution in [0.4, 0.5) is 45.5 Å². The molecule has 8 aromatic rings. The fraction of sp³-hybridized carbons (Fsp3) is 0.500. The van der Waals surface area contributed by atoms with Crippen molar-refractivity contribution in [3.8, 4) is 23.0 Å². The van der Waals surface area contributed by atoms with Crippen LogP contribution in [-0.4, -0.2) is 151 Å². The molecule has 7 amide bonds. The van der Waals surface area contributed by atoms with Gasteiger partial charge in [-0.1, -0.05) is 208 Å². The van der Waals surface area contributed by atoms with Crippen molar-refractivity contribution in [1.82, 2.24) is 23.7 Å². The molecule has 1 atom stereocenters. The number of likely N-dealkylation sites (N-methyl/N-ethyl adjacent to an activating group) is 1. The number of halogens is 3. The Morgan fingerprint density at radius 1 is 0.445 bits per heavy atom. The first-order valence-electron chi connectivity index (χ1n) is 47.8. The molecule has 0 aliphatic carbocycles. The Hall–Kier alpha value is -10.7. The fourth-order valence-electron chi connectivity index (χ4n) is 17.2. The van der Waals surface area contributed by atoms with E-state index in [-0.39, 0.29) is 62.0 Å². The molecule has 25 nitrogen and oxygen atoms in total. The van der Waals surface area contributed by atoms with Crippen LogP contribution < -0.4 is 50.3 Å². The molecular formula is C106H145F3N10O15S3. The molecule has 0 saturated heterocycles. The average molecular weight is 1950 g/mol. The molecular weight excluding hydrogens is 1810 g/mol. The fourth-order valence-corrected chi connectivity index (χ4v) is 19.7. The number of hydrogen-bond donors (Lipinski definition) is 5. The first-order valence-corrected chi connectivity index (χ1v) is 52.7. The maximum absolute atomic E-state index is 12.6. The van der Waals surface area contributed by atoms with E-state index in [2.05, 4.69) is 204 Å². The third-order valence-electron chi connectivity index (χ3n) is 23.6. The second-order valence-electron chi connectivity index (χ2n) is 39.9. The van der Waals surface area contributed by atoms with Crippen LogP contribution in [0.25, 0.3) is 0 Å². The lowest BCUT2D eigenvalue weighted by molar-refractivity contribution is -0.123. The predicted octanol–water partition coefficient (Wildman–Crippen LogP) is 19.2. The number of anilines is 4. The van der Waals surface area contributed by atoms with Gasteiger partial charge in [0, 0.05) is 66.5 Å². The summed E-state index contributed by atoms with van der Waals surface area (Å²) in [7, 11) is -8.15. The summed E-state index contributed by atoms with van der Waals surface area (Å²) in [6, 6.07) is 48.9. The van der Waals surface area contributed by atoms with Crippen molar-refractivity contribution in [2.24, 2.45) is 53.1 Å². The number of urea groups is 2. The van der Waals surface area contributed by atoms with Gasteiger partial charge in [-0.2, -0.15) is 21.8 Å². The van der Waals surface area contributed by atoms with Crippen molar-refractivity contribution in [3.05, 3.63) is 235 Å². The van der Waals surface area contributed by atoms with Crippen LogP contribution in [0.2, 0.25) is 0 Å². The second-order valence-corrected chi connectivity index (χ2v) is 45.5. The molecule has 0 bridgehead atoms. The van der Waals surface area contributed by atoms with Gasteiger partial charge in [-0.05, 0) is 269 Å². The summed E-state index contributed by atoms with van der Waals surface area (Å²) >= 11 is 0. The smallest absolute Gasteiger partial charge is 0.482 e. The lowest BCUT2D eigenvalue weighted by Crippen LogP contribution is -2.43. The quantitative estimate of drug-likeness (QED) is 0.0533. The van der Waals surface area contributed by atoms with E-state index in [0.29, 0.717) is 94.7 Å². The number of amides is 7. The first kappa shape index (κ1) is 110.